The molecule has 0 N–H and O–H groups in total. The Morgan fingerprint density at radius 1 is 0.306 bits per heavy atom. The molecule has 2 aromatic heterocycles. The Balaban J connectivity index is 1.23. The van der Waals surface area contributed by atoms with Gasteiger partial charge < -0.3 is 0 Å². The van der Waals surface area contributed by atoms with Crippen LogP contribution in [0, 0.1) is 0 Å². The van der Waals surface area contributed by atoms with E-state index in [1.54, 1.807) is 0 Å². The van der Waals surface area contributed by atoms with E-state index in [0.29, 0.717) is 0 Å². The van der Waals surface area contributed by atoms with Crippen molar-refractivity contribution in [3.8, 4) is 44.8 Å². The maximum Gasteiger partial charge on any atom is 0.0715 e. The minimum atomic E-state index is 0.967. The summed E-state index contributed by atoms with van der Waals surface area (Å²) in [6, 6.07) is 63.8. The molecule has 0 bridgehead atoms. The molecule has 0 radical (unpaired) electrons. The molecule has 1 nitrogen and oxygen atoms in total. The van der Waals surface area contributed by atoms with E-state index < -0.39 is 0 Å². The number of fused-ring (bicyclic) bond motifs is 9. The third-order valence-corrected chi connectivity index (χ3v) is 11.0. The van der Waals surface area contributed by atoms with Gasteiger partial charge in [-0.15, -0.1) is 11.3 Å². The van der Waals surface area contributed by atoms with Gasteiger partial charge in [0, 0.05) is 31.3 Å². The van der Waals surface area contributed by atoms with Gasteiger partial charge in [0.2, 0.25) is 0 Å². The molecule has 0 aliphatic carbocycles. The fourth-order valence-corrected chi connectivity index (χ4v) is 8.62. The van der Waals surface area contributed by atoms with Crippen molar-refractivity contribution in [1.82, 2.24) is 4.98 Å². The molecule has 8 aromatic carbocycles. The van der Waals surface area contributed by atoms with E-state index in [4.69, 9.17) is 4.98 Å². The highest BCUT2D eigenvalue weighted by Gasteiger charge is 2.16. The second-order valence-corrected chi connectivity index (χ2v) is 13.8. The normalized spacial score (nSPS) is 11.7. The molecule has 228 valence electrons. The molecule has 0 aliphatic rings. The fourth-order valence-electron chi connectivity index (χ4n) is 7.53. The molecule has 0 saturated heterocycles. The van der Waals surface area contributed by atoms with Crippen LogP contribution in [0.3, 0.4) is 0 Å². The minimum Gasteiger partial charge on any atom is -0.248 e. The molecule has 49 heavy (non-hydrogen) atoms. The van der Waals surface area contributed by atoms with Gasteiger partial charge in [-0.05, 0) is 91.0 Å². The number of benzene rings is 8. The maximum absolute atomic E-state index is 5.26. The van der Waals surface area contributed by atoms with Crippen molar-refractivity contribution in [2.45, 2.75) is 0 Å². The van der Waals surface area contributed by atoms with Gasteiger partial charge in [-0.3, -0.25) is 0 Å². The molecular formula is C47H29NS. The van der Waals surface area contributed by atoms with Crippen molar-refractivity contribution < 1.29 is 0 Å². The van der Waals surface area contributed by atoms with E-state index in [-0.39, 0.29) is 0 Å². The first-order valence-corrected chi connectivity index (χ1v) is 17.5. The first-order valence-electron chi connectivity index (χ1n) is 16.7. The average Bonchev–Trinajstić information content (AvgIpc) is 3.56. The lowest BCUT2D eigenvalue weighted by Crippen LogP contribution is -1.92. The van der Waals surface area contributed by atoms with Crippen LogP contribution < -0.4 is 0 Å². The van der Waals surface area contributed by atoms with Crippen LogP contribution >= 0.6 is 11.3 Å². The summed E-state index contributed by atoms with van der Waals surface area (Å²) < 4.78 is 2.65. The second-order valence-electron chi connectivity index (χ2n) is 12.7. The van der Waals surface area contributed by atoms with Crippen molar-refractivity contribution in [3.05, 3.63) is 176 Å². The molecule has 0 aliphatic heterocycles. The highest BCUT2D eigenvalue weighted by molar-refractivity contribution is 7.25. The SMILES string of the molecule is c1ccc(-c2cc(-c3ccccc3)nc(-c3ccc4c(c3)c3ccccc3c3cccc(-c5ccc6sc7ccccc7c6c5)c34)c2)cc1. The van der Waals surface area contributed by atoms with Crippen LogP contribution in [-0.4, -0.2) is 4.98 Å². The van der Waals surface area contributed by atoms with Crippen molar-refractivity contribution in [2.75, 3.05) is 0 Å². The number of hydrogen-bond acceptors (Lipinski definition) is 2. The van der Waals surface area contributed by atoms with Crippen LogP contribution in [0.15, 0.2) is 176 Å². The zero-order valence-corrected chi connectivity index (χ0v) is 27.4. The van der Waals surface area contributed by atoms with Crippen LogP contribution in [-0.2, 0) is 0 Å². The molecule has 0 atom stereocenters. The topological polar surface area (TPSA) is 12.9 Å². The molecule has 0 unspecified atom stereocenters. The minimum absolute atomic E-state index is 0.967. The number of rotatable bonds is 4. The van der Waals surface area contributed by atoms with E-state index in [0.717, 1.165) is 28.1 Å². The van der Waals surface area contributed by atoms with Crippen molar-refractivity contribution in [3.63, 3.8) is 0 Å². The molecule has 2 heteroatoms. The number of nitrogens with zero attached hydrogens (tertiary/aromatic N) is 1. The van der Waals surface area contributed by atoms with E-state index in [1.807, 2.05) is 11.3 Å². The van der Waals surface area contributed by atoms with Gasteiger partial charge in [-0.1, -0.05) is 140 Å². The predicted molar refractivity (Wildman–Crippen MR) is 211 cm³/mol. The van der Waals surface area contributed by atoms with Crippen LogP contribution in [0.2, 0.25) is 0 Å². The molecule has 0 saturated carbocycles. The predicted octanol–water partition coefficient (Wildman–Crippen LogP) is 13.6. The first-order chi connectivity index (χ1) is 24.3. The van der Waals surface area contributed by atoms with E-state index in [9.17, 15) is 0 Å². The summed E-state index contributed by atoms with van der Waals surface area (Å²) in [5.74, 6) is 0. The Morgan fingerprint density at radius 3 is 1.67 bits per heavy atom. The lowest BCUT2D eigenvalue weighted by Gasteiger charge is -2.16. The molecule has 2 heterocycles. The first kappa shape index (κ1) is 28.0. The maximum atomic E-state index is 5.26. The summed E-state index contributed by atoms with van der Waals surface area (Å²) in [5, 5.41) is 10.2. The third-order valence-electron chi connectivity index (χ3n) is 9.85. The quantitative estimate of drug-likeness (QED) is 0.175. The number of hydrogen-bond donors (Lipinski definition) is 0. The van der Waals surface area contributed by atoms with E-state index in [2.05, 4.69) is 176 Å². The number of aromatic nitrogens is 1. The second kappa shape index (κ2) is 11.3. The summed E-state index contributed by atoms with van der Waals surface area (Å²) >= 11 is 1.87. The standard InChI is InChI=1S/C47H29NS/c1-3-12-30(13-4-1)34-28-43(31-14-5-2-6-15-31)48-44(29-34)33-22-24-40-41(27-33)37-17-8-7-16-36(37)39-20-11-19-35(47(39)40)32-23-25-46-42(26-32)38-18-9-10-21-45(38)49-46/h1-29H. The molecular weight excluding hydrogens is 611 g/mol. The Bertz CT molecular complexity index is 2810. The zero-order chi connectivity index (χ0) is 32.3. The van der Waals surface area contributed by atoms with Crippen LogP contribution in [0.4, 0.5) is 0 Å². The van der Waals surface area contributed by atoms with Gasteiger partial charge in [-0.25, -0.2) is 4.98 Å². The zero-order valence-electron chi connectivity index (χ0n) is 26.6. The molecule has 10 aromatic rings. The molecule has 0 amide bonds. The Hall–Kier alpha value is -6.09. The van der Waals surface area contributed by atoms with E-state index >= 15 is 0 Å². The van der Waals surface area contributed by atoms with Gasteiger partial charge in [0.05, 0.1) is 11.4 Å². The smallest absolute Gasteiger partial charge is 0.0715 e. The third kappa shape index (κ3) is 4.64. The lowest BCUT2D eigenvalue weighted by molar-refractivity contribution is 1.32. The summed E-state index contributed by atoms with van der Waals surface area (Å²) in [7, 11) is 0. The van der Waals surface area contributed by atoms with E-state index in [1.165, 1.54) is 69.2 Å². The molecule has 0 spiro atoms. The largest absolute Gasteiger partial charge is 0.248 e. The summed E-state index contributed by atoms with van der Waals surface area (Å²) in [6.45, 7) is 0. The highest BCUT2D eigenvalue weighted by Crippen LogP contribution is 2.43. The number of pyridine rings is 1. The van der Waals surface area contributed by atoms with Gasteiger partial charge in [0.25, 0.3) is 0 Å². The lowest BCUT2D eigenvalue weighted by atomic mass is 9.88. The van der Waals surface area contributed by atoms with Crippen LogP contribution in [0.25, 0.3) is 97.3 Å². The van der Waals surface area contributed by atoms with Crippen LogP contribution in [0.1, 0.15) is 0 Å². The van der Waals surface area contributed by atoms with Gasteiger partial charge in [0.15, 0.2) is 0 Å². The highest BCUT2D eigenvalue weighted by atomic mass is 32.1. The van der Waals surface area contributed by atoms with Crippen molar-refractivity contribution >= 4 is 63.8 Å². The summed E-state index contributed by atoms with van der Waals surface area (Å²) in [5.41, 5.74) is 9.00. The summed E-state index contributed by atoms with van der Waals surface area (Å²) in [6.07, 6.45) is 0. The van der Waals surface area contributed by atoms with Gasteiger partial charge in [-0.2, -0.15) is 0 Å². The summed E-state index contributed by atoms with van der Waals surface area (Å²) in [4.78, 5) is 5.26. The monoisotopic (exact) mass is 639 g/mol. The van der Waals surface area contributed by atoms with Crippen molar-refractivity contribution in [2.24, 2.45) is 0 Å². The van der Waals surface area contributed by atoms with Crippen molar-refractivity contribution in [1.29, 1.82) is 0 Å². The Morgan fingerprint density at radius 2 is 0.878 bits per heavy atom. The molecule has 0 fully saturated rings. The number of thiophene rings is 1. The average molecular weight is 640 g/mol. The Kier molecular flexibility index (Phi) is 6.43. The van der Waals surface area contributed by atoms with Gasteiger partial charge in [0.1, 0.15) is 0 Å². The van der Waals surface area contributed by atoms with Gasteiger partial charge >= 0.3 is 0 Å². The fraction of sp³-hybridized carbons (Fsp3) is 0. The Labute approximate surface area is 288 Å². The molecule has 10 rings (SSSR count). The van der Waals surface area contributed by atoms with Crippen LogP contribution in [0.5, 0.6) is 0 Å².